The highest BCUT2D eigenvalue weighted by Crippen LogP contribution is 2.28. The van der Waals surface area contributed by atoms with Crippen LogP contribution in [0.2, 0.25) is 0 Å². The molecule has 2 heteroatoms. The molecule has 1 aliphatic carbocycles. The van der Waals surface area contributed by atoms with Crippen LogP contribution in [0.1, 0.15) is 26.2 Å². The van der Waals surface area contributed by atoms with Crippen molar-refractivity contribution in [1.29, 1.82) is 0 Å². The van der Waals surface area contributed by atoms with Crippen molar-refractivity contribution in [2.24, 2.45) is 5.92 Å². The van der Waals surface area contributed by atoms with Crippen LogP contribution in [0, 0.1) is 19.1 Å². The van der Waals surface area contributed by atoms with Gasteiger partial charge in [-0.15, -0.1) is 0 Å². The van der Waals surface area contributed by atoms with Crippen molar-refractivity contribution >= 4 is 0 Å². The van der Waals surface area contributed by atoms with Crippen molar-refractivity contribution in [1.82, 2.24) is 0 Å². The van der Waals surface area contributed by atoms with Crippen LogP contribution in [0.4, 0.5) is 0 Å². The van der Waals surface area contributed by atoms with E-state index in [9.17, 15) is 0 Å². The summed E-state index contributed by atoms with van der Waals surface area (Å²) < 4.78 is 0. The van der Waals surface area contributed by atoms with Gasteiger partial charge in [0.2, 0.25) is 12.1 Å². The summed E-state index contributed by atoms with van der Waals surface area (Å²) in [6.45, 7) is 15.9. The van der Waals surface area contributed by atoms with E-state index < -0.39 is 0 Å². The summed E-state index contributed by atoms with van der Waals surface area (Å²) in [6, 6.07) is 0.244. The second-order valence-corrected chi connectivity index (χ2v) is 3.27. The minimum atomic E-state index is 0.114. The first-order valence-electron chi connectivity index (χ1n) is 4.01. The summed E-state index contributed by atoms with van der Waals surface area (Å²) in [7, 11) is 0. The van der Waals surface area contributed by atoms with Crippen LogP contribution in [0.25, 0.3) is 9.69 Å². The summed E-state index contributed by atoms with van der Waals surface area (Å²) >= 11 is 0. The Labute approximate surface area is 67.9 Å². The Hall–Kier alpha value is -1.02. The summed E-state index contributed by atoms with van der Waals surface area (Å²) in [6.07, 6.45) is 2.85. The summed E-state index contributed by atoms with van der Waals surface area (Å²) in [4.78, 5) is 7.02. The molecule has 3 unspecified atom stereocenters. The van der Waals surface area contributed by atoms with Gasteiger partial charge in [0.05, 0.1) is 6.42 Å². The molecule has 0 radical (unpaired) electrons. The first-order chi connectivity index (χ1) is 5.27. The smallest absolute Gasteiger partial charge is 0.233 e. The minimum Gasteiger partial charge on any atom is -0.313 e. The topological polar surface area (TPSA) is 8.72 Å². The third-order valence-electron chi connectivity index (χ3n) is 2.47. The van der Waals surface area contributed by atoms with Gasteiger partial charge in [0.25, 0.3) is 0 Å². The standard InChI is InChI=1S/C9H12N2/c1-7-4-5-8(10-2)6-9(7)11-3/h7-9H,4-6H2,1H3. The van der Waals surface area contributed by atoms with E-state index in [1.54, 1.807) is 0 Å². The van der Waals surface area contributed by atoms with E-state index in [1.165, 1.54) is 0 Å². The highest BCUT2D eigenvalue weighted by molar-refractivity contribution is 4.96. The van der Waals surface area contributed by atoms with Crippen LogP contribution in [0.5, 0.6) is 0 Å². The van der Waals surface area contributed by atoms with Gasteiger partial charge >= 0.3 is 0 Å². The highest BCUT2D eigenvalue weighted by atomic mass is 14.8. The van der Waals surface area contributed by atoms with Gasteiger partial charge < -0.3 is 9.69 Å². The number of hydrogen-bond donors (Lipinski definition) is 0. The minimum absolute atomic E-state index is 0.114. The van der Waals surface area contributed by atoms with Crippen molar-refractivity contribution < 1.29 is 0 Å². The number of rotatable bonds is 0. The number of hydrogen-bond acceptors (Lipinski definition) is 0. The van der Waals surface area contributed by atoms with Crippen molar-refractivity contribution in [2.75, 3.05) is 0 Å². The Morgan fingerprint density at radius 2 is 1.91 bits per heavy atom. The molecule has 0 amide bonds. The van der Waals surface area contributed by atoms with Crippen LogP contribution in [0.15, 0.2) is 0 Å². The quantitative estimate of drug-likeness (QED) is 0.466. The molecule has 1 saturated carbocycles. The van der Waals surface area contributed by atoms with Crippen LogP contribution in [-0.4, -0.2) is 12.1 Å². The maximum Gasteiger partial charge on any atom is 0.233 e. The molecule has 0 aliphatic heterocycles. The third kappa shape index (κ3) is 1.71. The average molecular weight is 148 g/mol. The molecule has 0 aromatic rings. The zero-order valence-electron chi connectivity index (χ0n) is 6.75. The molecule has 0 saturated heterocycles. The molecule has 1 aliphatic rings. The van der Waals surface area contributed by atoms with Gasteiger partial charge in [-0.25, -0.2) is 13.1 Å². The lowest BCUT2D eigenvalue weighted by Gasteiger charge is -2.19. The van der Waals surface area contributed by atoms with Crippen LogP contribution >= 0.6 is 0 Å². The van der Waals surface area contributed by atoms with Crippen molar-refractivity contribution in [3.8, 4) is 0 Å². The van der Waals surface area contributed by atoms with E-state index in [0.29, 0.717) is 5.92 Å². The van der Waals surface area contributed by atoms with E-state index in [-0.39, 0.29) is 12.1 Å². The first kappa shape index (κ1) is 8.08. The summed E-state index contributed by atoms with van der Waals surface area (Å²) in [5.41, 5.74) is 0. The third-order valence-corrected chi connectivity index (χ3v) is 2.47. The lowest BCUT2D eigenvalue weighted by Crippen LogP contribution is -2.26. The summed E-state index contributed by atoms with van der Waals surface area (Å²) in [5.74, 6) is 0.505. The lowest BCUT2D eigenvalue weighted by molar-refractivity contribution is 0.352. The molecule has 0 N–H and O–H groups in total. The zero-order chi connectivity index (χ0) is 8.27. The zero-order valence-corrected chi connectivity index (χ0v) is 6.75. The van der Waals surface area contributed by atoms with Crippen molar-refractivity contribution in [3.63, 3.8) is 0 Å². The van der Waals surface area contributed by atoms with E-state index in [4.69, 9.17) is 13.1 Å². The van der Waals surface area contributed by atoms with E-state index in [2.05, 4.69) is 16.6 Å². The molecule has 0 heterocycles. The van der Waals surface area contributed by atoms with Gasteiger partial charge in [0.15, 0.2) is 0 Å². The van der Waals surface area contributed by atoms with Crippen LogP contribution < -0.4 is 0 Å². The molecule has 1 fully saturated rings. The van der Waals surface area contributed by atoms with E-state index in [0.717, 1.165) is 19.3 Å². The molecule has 0 aromatic carbocycles. The molecule has 2 nitrogen and oxygen atoms in total. The molecular weight excluding hydrogens is 136 g/mol. The fraction of sp³-hybridized carbons (Fsp3) is 0.778. The van der Waals surface area contributed by atoms with Gasteiger partial charge in [-0.2, -0.15) is 0 Å². The average Bonchev–Trinajstić information content (AvgIpc) is 2.05. The molecule has 11 heavy (non-hydrogen) atoms. The fourth-order valence-electron chi connectivity index (χ4n) is 1.57. The lowest BCUT2D eigenvalue weighted by atomic mass is 9.84. The SMILES string of the molecule is [C-]#[N+]C1CCC(C)C([N+]#[C-])C1. The normalized spacial score (nSPS) is 37.2. The Kier molecular flexibility index (Phi) is 2.49. The Bertz CT molecular complexity index is 209. The second kappa shape index (κ2) is 3.39. The number of nitrogens with zero attached hydrogens (tertiary/aromatic N) is 2. The molecule has 0 bridgehead atoms. The molecule has 58 valence electrons. The van der Waals surface area contributed by atoms with Gasteiger partial charge in [0.1, 0.15) is 0 Å². The van der Waals surface area contributed by atoms with E-state index in [1.807, 2.05) is 0 Å². The maximum absolute atomic E-state index is 6.91. The monoisotopic (exact) mass is 148 g/mol. The Morgan fingerprint density at radius 1 is 1.18 bits per heavy atom. The molecule has 1 rings (SSSR count). The predicted molar refractivity (Wildman–Crippen MR) is 43.8 cm³/mol. The first-order valence-corrected chi connectivity index (χ1v) is 4.01. The van der Waals surface area contributed by atoms with Gasteiger partial charge in [-0.3, -0.25) is 0 Å². The van der Waals surface area contributed by atoms with E-state index >= 15 is 0 Å². The molecule has 0 spiro atoms. The van der Waals surface area contributed by atoms with Gasteiger partial charge in [0, 0.05) is 12.3 Å². The second-order valence-electron chi connectivity index (χ2n) is 3.27. The Morgan fingerprint density at radius 3 is 2.45 bits per heavy atom. The van der Waals surface area contributed by atoms with Crippen LogP contribution in [0.3, 0.4) is 0 Å². The molecule has 0 aromatic heterocycles. The fourth-order valence-corrected chi connectivity index (χ4v) is 1.57. The van der Waals surface area contributed by atoms with Gasteiger partial charge in [-0.1, -0.05) is 6.92 Å². The van der Waals surface area contributed by atoms with Crippen molar-refractivity contribution in [3.05, 3.63) is 22.8 Å². The maximum atomic E-state index is 6.91. The van der Waals surface area contributed by atoms with Gasteiger partial charge in [-0.05, 0) is 6.42 Å². The van der Waals surface area contributed by atoms with Crippen LogP contribution in [-0.2, 0) is 0 Å². The molecular formula is C9H12N2. The predicted octanol–water partition coefficient (Wildman–Crippen LogP) is 2.38. The van der Waals surface area contributed by atoms with Crippen molar-refractivity contribution in [2.45, 2.75) is 38.3 Å². The highest BCUT2D eigenvalue weighted by Gasteiger charge is 2.34. The Balaban J connectivity index is 2.54. The summed E-state index contributed by atoms with van der Waals surface area (Å²) in [5, 5.41) is 0. The molecule has 3 atom stereocenters. The largest absolute Gasteiger partial charge is 0.313 e.